The highest BCUT2D eigenvalue weighted by molar-refractivity contribution is 5.94. The molecule has 0 bridgehead atoms. The van der Waals surface area contributed by atoms with Gasteiger partial charge >= 0.3 is 0 Å². The molecule has 134 valence electrons. The summed E-state index contributed by atoms with van der Waals surface area (Å²) in [6, 6.07) is 26.3. The number of non-ortho nitro benzene ring substituents is 1. The van der Waals surface area contributed by atoms with Crippen molar-refractivity contribution in [2.24, 2.45) is 0 Å². The molecule has 2 aromatic heterocycles. The van der Waals surface area contributed by atoms with Crippen molar-refractivity contribution in [2.75, 3.05) is 0 Å². The Morgan fingerprint density at radius 2 is 1.54 bits per heavy atom. The lowest BCUT2D eigenvalue weighted by molar-refractivity contribution is -0.384. The van der Waals surface area contributed by atoms with Crippen molar-refractivity contribution < 1.29 is 4.92 Å². The third-order valence-electron chi connectivity index (χ3n) is 4.72. The largest absolute Gasteiger partial charge is 0.269 e. The normalized spacial score (nSPS) is 11.1. The fourth-order valence-electron chi connectivity index (χ4n) is 3.35. The summed E-state index contributed by atoms with van der Waals surface area (Å²) in [6.07, 6.45) is 0. The van der Waals surface area contributed by atoms with Gasteiger partial charge in [-0.3, -0.25) is 10.1 Å². The zero-order valence-corrected chi connectivity index (χ0v) is 14.7. The van der Waals surface area contributed by atoms with Crippen LogP contribution in [0.25, 0.3) is 39.1 Å². The van der Waals surface area contributed by atoms with Crippen molar-refractivity contribution in [1.29, 1.82) is 0 Å². The van der Waals surface area contributed by atoms with Crippen LogP contribution in [-0.2, 0) is 0 Å². The van der Waals surface area contributed by atoms with Gasteiger partial charge in [0, 0.05) is 28.6 Å². The number of nitro benzene ring substituents is 1. The molecule has 0 fully saturated rings. The molecule has 0 saturated heterocycles. The number of fused-ring (bicyclic) bond motifs is 3. The number of nitro groups is 1. The Morgan fingerprint density at radius 3 is 2.29 bits per heavy atom. The van der Waals surface area contributed by atoms with Crippen molar-refractivity contribution >= 4 is 22.2 Å². The van der Waals surface area contributed by atoms with Gasteiger partial charge in [-0.15, -0.1) is 0 Å². The molecular formula is C22H14N4O2. The molecule has 6 heteroatoms. The smallest absolute Gasteiger partial charge is 0.258 e. The van der Waals surface area contributed by atoms with Crippen molar-refractivity contribution in [3.8, 4) is 22.5 Å². The van der Waals surface area contributed by atoms with Crippen LogP contribution in [0.3, 0.4) is 0 Å². The number of hydrogen-bond donors (Lipinski definition) is 0. The molecular weight excluding hydrogens is 352 g/mol. The Kier molecular flexibility index (Phi) is 3.62. The maximum absolute atomic E-state index is 11.0. The molecule has 0 amide bonds. The zero-order chi connectivity index (χ0) is 19.1. The van der Waals surface area contributed by atoms with E-state index in [1.54, 1.807) is 16.6 Å². The van der Waals surface area contributed by atoms with Gasteiger partial charge in [0.25, 0.3) is 5.69 Å². The molecule has 0 aliphatic rings. The predicted octanol–water partition coefficient (Wildman–Crippen LogP) is 5.12. The average molecular weight is 366 g/mol. The molecule has 6 nitrogen and oxygen atoms in total. The summed E-state index contributed by atoms with van der Waals surface area (Å²) >= 11 is 0. The number of nitrogens with zero attached hydrogens (tertiary/aromatic N) is 4. The van der Waals surface area contributed by atoms with Crippen molar-refractivity contribution in [3.05, 3.63) is 95.0 Å². The van der Waals surface area contributed by atoms with Gasteiger partial charge in [-0.1, -0.05) is 42.5 Å². The molecule has 0 spiro atoms. The topological polar surface area (TPSA) is 73.3 Å². The van der Waals surface area contributed by atoms with Gasteiger partial charge < -0.3 is 0 Å². The van der Waals surface area contributed by atoms with Crippen molar-refractivity contribution in [2.45, 2.75) is 0 Å². The minimum Gasteiger partial charge on any atom is -0.258 e. The number of aromatic nitrogens is 3. The van der Waals surface area contributed by atoms with Crippen LogP contribution in [0.15, 0.2) is 84.9 Å². The third-order valence-corrected chi connectivity index (χ3v) is 4.72. The Bertz CT molecular complexity index is 1330. The van der Waals surface area contributed by atoms with E-state index in [2.05, 4.69) is 0 Å². The van der Waals surface area contributed by atoms with E-state index in [1.807, 2.05) is 60.7 Å². The molecule has 0 unspecified atom stereocenters. The minimum atomic E-state index is -0.399. The summed E-state index contributed by atoms with van der Waals surface area (Å²) in [5, 5.41) is 16.7. The van der Waals surface area contributed by atoms with Crippen LogP contribution in [0.1, 0.15) is 0 Å². The lowest BCUT2D eigenvalue weighted by Gasteiger charge is -2.09. The van der Waals surface area contributed by atoms with Crippen LogP contribution < -0.4 is 0 Å². The Hall–Kier alpha value is -4.06. The number of rotatable bonds is 3. The monoisotopic (exact) mass is 366 g/mol. The number of benzene rings is 3. The van der Waals surface area contributed by atoms with Crippen LogP contribution in [0.5, 0.6) is 0 Å². The molecule has 5 rings (SSSR count). The predicted molar refractivity (Wildman–Crippen MR) is 108 cm³/mol. The third kappa shape index (κ3) is 2.59. The molecule has 3 aromatic carbocycles. The van der Waals surface area contributed by atoms with Gasteiger partial charge in [0.05, 0.1) is 21.8 Å². The first-order valence-electron chi connectivity index (χ1n) is 8.79. The molecule has 0 saturated carbocycles. The Balaban J connectivity index is 1.82. The van der Waals surface area contributed by atoms with E-state index in [-0.39, 0.29) is 5.69 Å². The molecule has 2 heterocycles. The summed E-state index contributed by atoms with van der Waals surface area (Å²) in [4.78, 5) is 15.5. The van der Waals surface area contributed by atoms with E-state index in [4.69, 9.17) is 10.1 Å². The fourth-order valence-corrected chi connectivity index (χ4v) is 3.35. The van der Waals surface area contributed by atoms with Crippen molar-refractivity contribution in [3.63, 3.8) is 0 Å². The standard InChI is InChI=1S/C22H14N4O2/c27-26(28)17-12-10-16(11-13-17)21-14-20(15-6-2-1-3-7-15)23-22-18-8-4-5-9-19(18)24-25(21)22/h1-14H. The summed E-state index contributed by atoms with van der Waals surface area (Å²) in [6.45, 7) is 0. The second-order valence-corrected chi connectivity index (χ2v) is 6.45. The van der Waals surface area contributed by atoms with E-state index in [0.29, 0.717) is 0 Å². The second kappa shape index (κ2) is 6.28. The summed E-state index contributed by atoms with van der Waals surface area (Å²) in [7, 11) is 0. The SMILES string of the molecule is O=[N+]([O-])c1ccc(-c2cc(-c3ccccc3)nc3c4ccccc4nn23)cc1. The van der Waals surface area contributed by atoms with Crippen LogP contribution in [-0.4, -0.2) is 19.5 Å². The van der Waals surface area contributed by atoms with E-state index >= 15 is 0 Å². The van der Waals surface area contributed by atoms with E-state index in [1.165, 1.54) is 12.1 Å². The van der Waals surface area contributed by atoms with Crippen LogP contribution in [0.2, 0.25) is 0 Å². The highest BCUT2D eigenvalue weighted by atomic mass is 16.6. The minimum absolute atomic E-state index is 0.0583. The highest BCUT2D eigenvalue weighted by Crippen LogP contribution is 2.30. The van der Waals surface area contributed by atoms with Crippen LogP contribution in [0.4, 0.5) is 5.69 Å². The van der Waals surface area contributed by atoms with Crippen molar-refractivity contribution in [1.82, 2.24) is 14.6 Å². The first-order chi connectivity index (χ1) is 13.7. The second-order valence-electron chi connectivity index (χ2n) is 6.45. The van der Waals surface area contributed by atoms with E-state index in [9.17, 15) is 10.1 Å². The first kappa shape index (κ1) is 16.1. The van der Waals surface area contributed by atoms with Gasteiger partial charge in [-0.25, -0.2) is 9.50 Å². The first-order valence-corrected chi connectivity index (χ1v) is 8.79. The maximum Gasteiger partial charge on any atom is 0.269 e. The fraction of sp³-hybridized carbons (Fsp3) is 0. The van der Waals surface area contributed by atoms with Gasteiger partial charge in [-0.05, 0) is 30.3 Å². The summed E-state index contributed by atoms with van der Waals surface area (Å²) < 4.78 is 1.80. The average Bonchev–Trinajstić information content (AvgIpc) is 3.12. The van der Waals surface area contributed by atoms with E-state index in [0.717, 1.165) is 39.1 Å². The van der Waals surface area contributed by atoms with Gasteiger partial charge in [-0.2, -0.15) is 5.10 Å². The number of hydrogen-bond acceptors (Lipinski definition) is 4. The van der Waals surface area contributed by atoms with Gasteiger partial charge in [0.15, 0.2) is 5.65 Å². The molecule has 28 heavy (non-hydrogen) atoms. The highest BCUT2D eigenvalue weighted by Gasteiger charge is 2.15. The van der Waals surface area contributed by atoms with Crippen LogP contribution in [0, 0.1) is 10.1 Å². The van der Waals surface area contributed by atoms with Gasteiger partial charge in [0.1, 0.15) is 0 Å². The summed E-state index contributed by atoms with van der Waals surface area (Å²) in [5.41, 5.74) is 5.15. The van der Waals surface area contributed by atoms with Crippen LogP contribution >= 0.6 is 0 Å². The molecule has 5 aromatic rings. The molecule has 0 aliphatic heterocycles. The quantitative estimate of drug-likeness (QED) is 0.328. The Morgan fingerprint density at radius 1 is 0.821 bits per heavy atom. The molecule has 0 aliphatic carbocycles. The maximum atomic E-state index is 11.0. The molecule has 0 atom stereocenters. The van der Waals surface area contributed by atoms with Gasteiger partial charge in [0.2, 0.25) is 0 Å². The molecule has 0 N–H and O–H groups in total. The van der Waals surface area contributed by atoms with E-state index < -0.39 is 4.92 Å². The lowest BCUT2D eigenvalue weighted by Crippen LogP contribution is -1.98. The summed E-state index contributed by atoms with van der Waals surface area (Å²) in [5.74, 6) is 0. The zero-order valence-electron chi connectivity index (χ0n) is 14.7. The lowest BCUT2D eigenvalue weighted by atomic mass is 10.1. The Labute approximate surface area is 159 Å². The molecule has 0 radical (unpaired) electrons.